The Morgan fingerprint density at radius 3 is 2.45 bits per heavy atom. The SMILES string of the molecule is Cc1cc(N2C(=O)C(C(C)O)N(C)C2=O)cc(Cl)c1F. The summed E-state index contributed by atoms with van der Waals surface area (Å²) >= 11 is 5.74. The van der Waals surface area contributed by atoms with E-state index in [2.05, 4.69) is 0 Å². The first kappa shape index (κ1) is 14.7. The first-order valence-corrected chi connectivity index (χ1v) is 6.38. The highest BCUT2D eigenvalue weighted by Crippen LogP contribution is 2.30. The Bertz CT molecular complexity index is 568. The van der Waals surface area contributed by atoms with Crippen molar-refractivity contribution < 1.29 is 19.1 Å². The van der Waals surface area contributed by atoms with Gasteiger partial charge >= 0.3 is 6.03 Å². The van der Waals surface area contributed by atoms with Crippen LogP contribution in [0.1, 0.15) is 12.5 Å². The smallest absolute Gasteiger partial charge is 0.331 e. The number of benzene rings is 1. The number of amides is 3. The molecule has 0 saturated carbocycles. The maximum atomic E-state index is 13.5. The van der Waals surface area contributed by atoms with E-state index in [4.69, 9.17) is 11.6 Å². The van der Waals surface area contributed by atoms with Crippen molar-refractivity contribution in [2.24, 2.45) is 0 Å². The number of hydrogen-bond donors (Lipinski definition) is 1. The van der Waals surface area contributed by atoms with Crippen molar-refractivity contribution in [3.63, 3.8) is 0 Å². The van der Waals surface area contributed by atoms with Crippen LogP contribution in [0.4, 0.5) is 14.9 Å². The molecule has 0 aliphatic carbocycles. The lowest BCUT2D eigenvalue weighted by atomic mass is 10.1. The van der Waals surface area contributed by atoms with Gasteiger partial charge in [0.05, 0.1) is 16.8 Å². The van der Waals surface area contributed by atoms with Gasteiger partial charge in [-0.1, -0.05) is 11.6 Å². The van der Waals surface area contributed by atoms with Crippen LogP contribution in [0.15, 0.2) is 12.1 Å². The summed E-state index contributed by atoms with van der Waals surface area (Å²) in [7, 11) is 1.43. The minimum Gasteiger partial charge on any atom is -0.391 e. The maximum Gasteiger partial charge on any atom is 0.331 e. The molecular weight excluding hydrogens is 287 g/mol. The van der Waals surface area contributed by atoms with Gasteiger partial charge in [0.2, 0.25) is 0 Å². The Morgan fingerprint density at radius 2 is 2.00 bits per heavy atom. The number of hydrogen-bond acceptors (Lipinski definition) is 3. The molecule has 1 aromatic rings. The van der Waals surface area contributed by atoms with Crippen molar-refractivity contribution in [3.05, 3.63) is 28.5 Å². The molecule has 0 spiro atoms. The van der Waals surface area contributed by atoms with Crippen LogP contribution in [0, 0.1) is 12.7 Å². The maximum absolute atomic E-state index is 13.5. The molecular formula is C13H14ClFN2O3. The number of aliphatic hydroxyl groups is 1. The zero-order chi connectivity index (χ0) is 15.2. The summed E-state index contributed by atoms with van der Waals surface area (Å²) in [6.07, 6.45) is -1.00. The van der Waals surface area contributed by atoms with Crippen LogP contribution in [0.5, 0.6) is 0 Å². The molecule has 1 fully saturated rings. The third-order valence-corrected chi connectivity index (χ3v) is 3.57. The van der Waals surface area contributed by atoms with Crippen molar-refractivity contribution in [1.82, 2.24) is 4.90 Å². The number of likely N-dealkylation sites (N-methyl/N-ethyl adjacent to an activating group) is 1. The molecule has 108 valence electrons. The summed E-state index contributed by atoms with van der Waals surface area (Å²) in [4.78, 5) is 26.4. The molecule has 1 saturated heterocycles. The zero-order valence-electron chi connectivity index (χ0n) is 11.2. The zero-order valence-corrected chi connectivity index (χ0v) is 12.0. The van der Waals surface area contributed by atoms with Crippen LogP contribution in [0.25, 0.3) is 0 Å². The fraction of sp³-hybridized carbons (Fsp3) is 0.385. The van der Waals surface area contributed by atoms with Gasteiger partial charge in [-0.25, -0.2) is 14.1 Å². The molecule has 1 aliphatic rings. The van der Waals surface area contributed by atoms with Gasteiger partial charge in [-0.2, -0.15) is 0 Å². The molecule has 1 aliphatic heterocycles. The van der Waals surface area contributed by atoms with Crippen LogP contribution in [0.2, 0.25) is 5.02 Å². The third kappa shape index (κ3) is 2.14. The van der Waals surface area contributed by atoms with Gasteiger partial charge in [0.1, 0.15) is 11.9 Å². The largest absolute Gasteiger partial charge is 0.391 e. The molecule has 2 atom stereocenters. The molecule has 0 aromatic heterocycles. The number of aliphatic hydroxyl groups excluding tert-OH is 1. The van der Waals surface area contributed by atoms with Gasteiger partial charge in [0.25, 0.3) is 5.91 Å². The van der Waals surface area contributed by atoms with E-state index < -0.39 is 29.9 Å². The fourth-order valence-corrected chi connectivity index (χ4v) is 2.53. The lowest BCUT2D eigenvalue weighted by Crippen LogP contribution is -2.40. The standard InChI is InChI=1S/C13H14ClFN2O3/c1-6-4-8(5-9(14)10(6)15)17-12(19)11(7(2)18)16(3)13(17)20/h4-5,7,11,18H,1-3H3. The fourth-order valence-electron chi connectivity index (χ4n) is 2.27. The van der Waals surface area contributed by atoms with E-state index in [1.807, 2.05) is 0 Å². The van der Waals surface area contributed by atoms with Crippen molar-refractivity contribution >= 4 is 29.2 Å². The highest BCUT2D eigenvalue weighted by molar-refractivity contribution is 6.31. The van der Waals surface area contributed by atoms with Crippen LogP contribution < -0.4 is 4.90 Å². The van der Waals surface area contributed by atoms with Crippen LogP contribution in [-0.4, -0.2) is 41.1 Å². The predicted octanol–water partition coefficient (Wildman–Crippen LogP) is 1.94. The highest BCUT2D eigenvalue weighted by atomic mass is 35.5. The van der Waals surface area contributed by atoms with Crippen LogP contribution in [-0.2, 0) is 4.79 Å². The summed E-state index contributed by atoms with van der Waals surface area (Å²) in [6, 6.07) is 1.06. The summed E-state index contributed by atoms with van der Waals surface area (Å²) in [5.41, 5.74) is 0.426. The molecule has 1 N–H and O–H groups in total. The normalized spacial score (nSPS) is 20.8. The van der Waals surface area contributed by atoms with Gasteiger partial charge in [-0.05, 0) is 31.5 Å². The summed E-state index contributed by atoms with van der Waals surface area (Å²) in [5, 5.41) is 9.44. The second-order valence-corrected chi connectivity index (χ2v) is 5.22. The van der Waals surface area contributed by atoms with E-state index in [0.717, 1.165) is 9.80 Å². The predicted molar refractivity (Wildman–Crippen MR) is 72.3 cm³/mol. The molecule has 3 amide bonds. The van der Waals surface area contributed by atoms with Crippen molar-refractivity contribution in [1.29, 1.82) is 0 Å². The summed E-state index contributed by atoms with van der Waals surface area (Å²) < 4.78 is 13.5. The van der Waals surface area contributed by atoms with Crippen molar-refractivity contribution in [2.75, 3.05) is 11.9 Å². The Kier molecular flexibility index (Phi) is 3.71. The molecule has 5 nitrogen and oxygen atoms in total. The second-order valence-electron chi connectivity index (χ2n) is 4.81. The van der Waals surface area contributed by atoms with Gasteiger partial charge < -0.3 is 10.0 Å². The third-order valence-electron chi connectivity index (χ3n) is 3.29. The lowest BCUT2D eigenvalue weighted by Gasteiger charge is -2.17. The van der Waals surface area contributed by atoms with E-state index in [0.29, 0.717) is 0 Å². The average Bonchev–Trinajstić information content (AvgIpc) is 2.57. The second kappa shape index (κ2) is 5.03. The van der Waals surface area contributed by atoms with E-state index in [1.54, 1.807) is 0 Å². The van der Waals surface area contributed by atoms with Crippen LogP contribution in [0.3, 0.4) is 0 Å². The summed E-state index contributed by atoms with van der Waals surface area (Å²) in [6.45, 7) is 2.92. The Hall–Kier alpha value is -1.66. The number of carbonyl (C=O) groups excluding carboxylic acids is 2. The Labute approximate surface area is 120 Å². The molecule has 0 radical (unpaired) electrons. The number of halogens is 2. The monoisotopic (exact) mass is 300 g/mol. The highest BCUT2D eigenvalue weighted by Gasteiger charge is 2.46. The number of aryl methyl sites for hydroxylation is 1. The Morgan fingerprint density at radius 1 is 1.40 bits per heavy atom. The van der Waals surface area contributed by atoms with E-state index >= 15 is 0 Å². The first-order valence-electron chi connectivity index (χ1n) is 6.00. The van der Waals surface area contributed by atoms with Gasteiger partial charge in [0, 0.05) is 7.05 Å². The van der Waals surface area contributed by atoms with E-state index in [-0.39, 0.29) is 16.3 Å². The Balaban J connectivity index is 2.48. The minimum atomic E-state index is -1.00. The molecule has 2 unspecified atom stereocenters. The number of anilines is 1. The number of carbonyl (C=O) groups is 2. The molecule has 7 heteroatoms. The number of imide groups is 1. The molecule has 0 bridgehead atoms. The van der Waals surface area contributed by atoms with Crippen molar-refractivity contribution in [3.8, 4) is 0 Å². The quantitative estimate of drug-likeness (QED) is 0.849. The summed E-state index contributed by atoms with van der Waals surface area (Å²) in [5.74, 6) is -1.15. The van der Waals surface area contributed by atoms with Crippen molar-refractivity contribution in [2.45, 2.75) is 26.0 Å². The van der Waals surface area contributed by atoms with E-state index in [1.165, 1.54) is 33.0 Å². The minimum absolute atomic E-state index is 0.163. The van der Waals surface area contributed by atoms with Gasteiger partial charge in [0.15, 0.2) is 0 Å². The first-order chi connectivity index (χ1) is 9.25. The van der Waals surface area contributed by atoms with Gasteiger partial charge in [-0.3, -0.25) is 4.79 Å². The number of urea groups is 1. The molecule has 20 heavy (non-hydrogen) atoms. The van der Waals surface area contributed by atoms with Crippen LogP contribution >= 0.6 is 11.6 Å². The molecule has 1 heterocycles. The topological polar surface area (TPSA) is 60.9 Å². The molecule has 1 aromatic carbocycles. The molecule has 2 rings (SSSR count). The number of rotatable bonds is 2. The lowest BCUT2D eigenvalue weighted by molar-refractivity contribution is -0.122. The van der Waals surface area contributed by atoms with Gasteiger partial charge in [-0.15, -0.1) is 0 Å². The average molecular weight is 301 g/mol. The number of nitrogens with zero attached hydrogens (tertiary/aromatic N) is 2. The van der Waals surface area contributed by atoms with E-state index in [9.17, 15) is 19.1 Å².